The first kappa shape index (κ1) is 11.8. The van der Waals surface area contributed by atoms with E-state index in [-0.39, 0.29) is 11.3 Å². The normalized spacial score (nSPS) is 25.4. The van der Waals surface area contributed by atoms with Crippen LogP contribution in [-0.2, 0) is 10.2 Å². The van der Waals surface area contributed by atoms with Crippen LogP contribution in [0.3, 0.4) is 0 Å². The Kier molecular flexibility index (Phi) is 2.56. The molecule has 1 aromatic carbocycles. The number of halogens is 2. The molecule has 0 bridgehead atoms. The molecule has 0 amide bonds. The van der Waals surface area contributed by atoms with Crippen molar-refractivity contribution in [2.75, 3.05) is 6.61 Å². The molecule has 17 heavy (non-hydrogen) atoms. The summed E-state index contributed by atoms with van der Waals surface area (Å²) in [4.78, 5) is 11.1. The van der Waals surface area contributed by atoms with Gasteiger partial charge in [-0.05, 0) is 13.0 Å². The van der Waals surface area contributed by atoms with Crippen molar-refractivity contribution >= 4 is 5.97 Å². The Balaban J connectivity index is 2.50. The number of aliphatic carboxylic acids is 1. The van der Waals surface area contributed by atoms with Crippen molar-refractivity contribution in [3.8, 4) is 5.75 Å². The second kappa shape index (κ2) is 3.68. The highest BCUT2D eigenvalue weighted by Crippen LogP contribution is 2.63. The molecule has 0 saturated heterocycles. The molecule has 5 heteroatoms. The third-order valence-corrected chi connectivity index (χ3v) is 3.00. The van der Waals surface area contributed by atoms with Crippen molar-refractivity contribution in [2.24, 2.45) is 0 Å². The number of carboxylic acid groups (broad SMARTS) is 1. The molecule has 92 valence electrons. The number of hydrogen-bond donors (Lipinski definition) is 1. The van der Waals surface area contributed by atoms with E-state index in [1.54, 1.807) is 13.0 Å². The third kappa shape index (κ3) is 1.57. The summed E-state index contributed by atoms with van der Waals surface area (Å²) in [7, 11) is 0. The van der Waals surface area contributed by atoms with E-state index in [2.05, 4.69) is 0 Å². The largest absolute Gasteiger partial charge is 0.494 e. The predicted molar refractivity (Wildman–Crippen MR) is 56.5 cm³/mol. The summed E-state index contributed by atoms with van der Waals surface area (Å²) in [6.07, 6.45) is -0.667. The van der Waals surface area contributed by atoms with Crippen molar-refractivity contribution in [3.63, 3.8) is 0 Å². The Morgan fingerprint density at radius 2 is 2.06 bits per heavy atom. The fourth-order valence-corrected chi connectivity index (χ4v) is 2.03. The highest BCUT2D eigenvalue weighted by molar-refractivity contribution is 5.88. The molecule has 0 radical (unpaired) electrons. The maximum atomic E-state index is 13.4. The minimum Gasteiger partial charge on any atom is -0.494 e. The van der Waals surface area contributed by atoms with Crippen molar-refractivity contribution in [3.05, 3.63) is 29.8 Å². The summed E-state index contributed by atoms with van der Waals surface area (Å²) in [5, 5.41) is 9.05. The van der Waals surface area contributed by atoms with Gasteiger partial charge in [0.1, 0.15) is 5.75 Å². The summed E-state index contributed by atoms with van der Waals surface area (Å²) >= 11 is 0. The fraction of sp³-hybridized carbons (Fsp3) is 0.417. The highest BCUT2D eigenvalue weighted by atomic mass is 19.3. The lowest BCUT2D eigenvalue weighted by molar-refractivity contribution is -0.143. The number of benzene rings is 1. The molecule has 1 fully saturated rings. The monoisotopic (exact) mass is 242 g/mol. The van der Waals surface area contributed by atoms with E-state index in [4.69, 9.17) is 9.84 Å². The van der Waals surface area contributed by atoms with Crippen LogP contribution in [0.15, 0.2) is 24.3 Å². The molecule has 1 unspecified atom stereocenters. The maximum Gasteiger partial charge on any atom is 0.320 e. The fourth-order valence-electron chi connectivity index (χ4n) is 2.03. The van der Waals surface area contributed by atoms with E-state index in [9.17, 15) is 13.6 Å². The Morgan fingerprint density at radius 1 is 1.47 bits per heavy atom. The van der Waals surface area contributed by atoms with Crippen molar-refractivity contribution < 1.29 is 23.4 Å². The summed E-state index contributed by atoms with van der Waals surface area (Å²) in [5.41, 5.74) is -2.06. The van der Waals surface area contributed by atoms with E-state index in [0.717, 1.165) is 0 Å². The van der Waals surface area contributed by atoms with E-state index in [1.165, 1.54) is 18.2 Å². The number of carbonyl (C=O) groups is 1. The van der Waals surface area contributed by atoms with Gasteiger partial charge in [0.15, 0.2) is 5.41 Å². The van der Waals surface area contributed by atoms with Gasteiger partial charge in [-0.2, -0.15) is 0 Å². The van der Waals surface area contributed by atoms with Crippen LogP contribution in [0.4, 0.5) is 8.78 Å². The van der Waals surface area contributed by atoms with E-state index >= 15 is 0 Å². The molecule has 3 nitrogen and oxygen atoms in total. The molecule has 1 aliphatic carbocycles. The van der Waals surface area contributed by atoms with Gasteiger partial charge in [0.05, 0.1) is 6.61 Å². The Labute approximate surface area is 97.0 Å². The molecule has 1 saturated carbocycles. The average Bonchev–Trinajstić information content (AvgIpc) is 2.84. The number of carboxylic acids is 1. The zero-order valence-electron chi connectivity index (χ0n) is 9.24. The van der Waals surface area contributed by atoms with Crippen LogP contribution in [0.2, 0.25) is 0 Å². The van der Waals surface area contributed by atoms with Gasteiger partial charge in [-0.15, -0.1) is 0 Å². The number of hydrogen-bond acceptors (Lipinski definition) is 2. The van der Waals surface area contributed by atoms with Crippen LogP contribution >= 0.6 is 0 Å². The van der Waals surface area contributed by atoms with Gasteiger partial charge < -0.3 is 9.84 Å². The van der Waals surface area contributed by atoms with E-state index < -0.39 is 23.7 Å². The SMILES string of the molecule is CCOc1ccccc1C1(C(=O)O)CC1(F)F. The molecule has 0 aliphatic heterocycles. The lowest BCUT2D eigenvalue weighted by Crippen LogP contribution is -2.27. The molecule has 1 aromatic rings. The van der Waals surface area contributed by atoms with Gasteiger partial charge in [0, 0.05) is 12.0 Å². The van der Waals surface area contributed by atoms with Gasteiger partial charge in [0.25, 0.3) is 5.92 Å². The first-order valence-corrected chi connectivity index (χ1v) is 5.29. The van der Waals surface area contributed by atoms with E-state index in [0.29, 0.717) is 6.61 Å². The second-order valence-electron chi connectivity index (χ2n) is 4.02. The average molecular weight is 242 g/mol. The Bertz CT molecular complexity index is 459. The molecule has 1 aliphatic rings. The molecular weight excluding hydrogens is 230 g/mol. The molecule has 2 rings (SSSR count). The summed E-state index contributed by atoms with van der Waals surface area (Å²) in [5.74, 6) is -4.49. The number of rotatable bonds is 4. The van der Waals surface area contributed by atoms with Gasteiger partial charge in [-0.3, -0.25) is 4.79 Å². The number of alkyl halides is 2. The van der Waals surface area contributed by atoms with Crippen molar-refractivity contribution in [2.45, 2.75) is 24.7 Å². The molecule has 1 atom stereocenters. The van der Waals surface area contributed by atoms with E-state index in [1.807, 2.05) is 0 Å². The zero-order valence-corrected chi connectivity index (χ0v) is 9.24. The summed E-state index contributed by atoms with van der Waals surface area (Å²) < 4.78 is 32.0. The molecule has 0 spiro atoms. The predicted octanol–water partition coefficient (Wildman–Crippen LogP) is 2.45. The molecule has 1 N–H and O–H groups in total. The Hall–Kier alpha value is -1.65. The van der Waals surface area contributed by atoms with Crippen LogP contribution in [0.1, 0.15) is 18.9 Å². The maximum absolute atomic E-state index is 13.4. The van der Waals surface area contributed by atoms with Crippen molar-refractivity contribution in [1.82, 2.24) is 0 Å². The lowest BCUT2D eigenvalue weighted by atomic mass is 9.94. The summed E-state index contributed by atoms with van der Waals surface area (Å²) in [6.45, 7) is 2.02. The lowest BCUT2D eigenvalue weighted by Gasteiger charge is -2.16. The minimum atomic E-state index is -3.20. The van der Waals surface area contributed by atoms with Crippen LogP contribution in [0.5, 0.6) is 5.75 Å². The number of para-hydroxylation sites is 1. The Morgan fingerprint density at radius 3 is 2.53 bits per heavy atom. The zero-order chi connectivity index (χ0) is 12.7. The van der Waals surface area contributed by atoms with Crippen LogP contribution in [0, 0.1) is 0 Å². The quantitative estimate of drug-likeness (QED) is 0.882. The first-order chi connectivity index (χ1) is 7.95. The van der Waals surface area contributed by atoms with Gasteiger partial charge in [-0.25, -0.2) is 8.78 Å². The molecular formula is C12H12F2O3. The van der Waals surface area contributed by atoms with Crippen LogP contribution < -0.4 is 4.74 Å². The van der Waals surface area contributed by atoms with Crippen molar-refractivity contribution in [1.29, 1.82) is 0 Å². The summed E-state index contributed by atoms with van der Waals surface area (Å²) in [6, 6.07) is 6.07. The van der Waals surface area contributed by atoms with Crippen LogP contribution in [0.25, 0.3) is 0 Å². The number of ether oxygens (including phenoxy) is 1. The van der Waals surface area contributed by atoms with Gasteiger partial charge in [0.2, 0.25) is 0 Å². The second-order valence-corrected chi connectivity index (χ2v) is 4.02. The third-order valence-electron chi connectivity index (χ3n) is 3.00. The smallest absolute Gasteiger partial charge is 0.320 e. The molecule has 0 heterocycles. The minimum absolute atomic E-state index is 0.0550. The standard InChI is InChI=1S/C12H12F2O3/c1-2-17-9-6-4-3-5-8(9)11(10(15)16)7-12(11,13)14/h3-6H,2,7H2,1H3,(H,15,16). The first-order valence-electron chi connectivity index (χ1n) is 5.29. The highest BCUT2D eigenvalue weighted by Gasteiger charge is 2.78. The topological polar surface area (TPSA) is 46.5 Å². The van der Waals surface area contributed by atoms with Crippen LogP contribution in [-0.4, -0.2) is 23.6 Å². The van der Waals surface area contributed by atoms with Gasteiger partial charge >= 0.3 is 5.97 Å². The van der Waals surface area contributed by atoms with Gasteiger partial charge in [-0.1, -0.05) is 18.2 Å². The molecule has 0 aromatic heterocycles.